The lowest BCUT2D eigenvalue weighted by molar-refractivity contribution is -0.120. The number of benzene rings is 3. The first kappa shape index (κ1) is 27.7. The van der Waals surface area contributed by atoms with Crippen molar-refractivity contribution in [2.24, 2.45) is 4.99 Å². The number of hydrogen-bond donors (Lipinski definition) is 2. The minimum absolute atomic E-state index is 0.114. The lowest BCUT2D eigenvalue weighted by Gasteiger charge is -2.26. The van der Waals surface area contributed by atoms with Crippen molar-refractivity contribution >= 4 is 29.0 Å². The standard InChI is InChI=1S/C33H32FN5O2/c1-21-10-9-11-23(18-21)36-32(41)38-30-31(40)39(20-24-19-22(16-17-35-24)33(2,3)4)28-15-8-6-13-26(28)29(37-30)25-12-5-7-14-27(25)34/h5-19,30H,20H2,1-4H3,(H2,36,38,41). The molecule has 1 aliphatic rings. The van der Waals surface area contributed by atoms with Gasteiger partial charge in [0.1, 0.15) is 5.82 Å². The van der Waals surface area contributed by atoms with E-state index in [1.165, 1.54) is 6.07 Å². The van der Waals surface area contributed by atoms with Gasteiger partial charge in [-0.3, -0.25) is 9.78 Å². The van der Waals surface area contributed by atoms with Crippen molar-refractivity contribution in [2.75, 3.05) is 10.2 Å². The SMILES string of the molecule is Cc1cccc(NC(=O)NC2N=C(c3ccccc3F)c3ccccc3N(Cc3cc(C(C)(C)C)ccn3)C2=O)c1. The van der Waals surface area contributed by atoms with Gasteiger partial charge in [-0.2, -0.15) is 0 Å². The fourth-order valence-corrected chi connectivity index (χ4v) is 4.76. The van der Waals surface area contributed by atoms with Gasteiger partial charge in [0.2, 0.25) is 6.17 Å². The molecule has 1 unspecified atom stereocenters. The molecule has 0 aliphatic carbocycles. The molecule has 0 fully saturated rings. The molecule has 7 nitrogen and oxygen atoms in total. The van der Waals surface area contributed by atoms with Gasteiger partial charge in [0.05, 0.1) is 23.6 Å². The maximum absolute atomic E-state index is 15.1. The topological polar surface area (TPSA) is 86.7 Å². The van der Waals surface area contributed by atoms with Crippen molar-refractivity contribution in [3.8, 4) is 0 Å². The van der Waals surface area contributed by atoms with Crippen LogP contribution in [0.4, 0.5) is 20.6 Å². The quantitative estimate of drug-likeness (QED) is 0.304. The molecule has 4 aromatic rings. The molecule has 0 saturated heterocycles. The van der Waals surface area contributed by atoms with E-state index in [-0.39, 0.29) is 23.2 Å². The van der Waals surface area contributed by atoms with E-state index in [0.29, 0.717) is 22.6 Å². The Morgan fingerprint density at radius 1 is 0.951 bits per heavy atom. The summed E-state index contributed by atoms with van der Waals surface area (Å²) in [5.74, 6) is -0.949. The number of para-hydroxylation sites is 1. The Kier molecular flexibility index (Phi) is 7.66. The van der Waals surface area contributed by atoms with Gasteiger partial charge in [0.25, 0.3) is 5.91 Å². The highest BCUT2D eigenvalue weighted by Gasteiger charge is 2.34. The normalized spacial score (nSPS) is 15.0. The highest BCUT2D eigenvalue weighted by atomic mass is 19.1. The number of benzodiazepines with no additional fused rings is 1. The molecule has 1 atom stereocenters. The van der Waals surface area contributed by atoms with E-state index in [1.54, 1.807) is 47.5 Å². The van der Waals surface area contributed by atoms with Crippen LogP contribution in [0, 0.1) is 12.7 Å². The van der Waals surface area contributed by atoms with Crippen molar-refractivity contribution in [3.63, 3.8) is 0 Å². The van der Waals surface area contributed by atoms with Crippen LogP contribution in [0.3, 0.4) is 0 Å². The van der Waals surface area contributed by atoms with Crippen LogP contribution < -0.4 is 15.5 Å². The third-order valence-corrected chi connectivity index (χ3v) is 6.88. The summed E-state index contributed by atoms with van der Waals surface area (Å²) in [7, 11) is 0. The summed E-state index contributed by atoms with van der Waals surface area (Å²) in [4.78, 5) is 38.0. The monoisotopic (exact) mass is 549 g/mol. The molecule has 5 rings (SSSR count). The smallest absolute Gasteiger partial charge is 0.308 e. The number of pyridine rings is 1. The number of nitrogens with zero attached hydrogens (tertiary/aromatic N) is 3. The van der Waals surface area contributed by atoms with Gasteiger partial charge >= 0.3 is 6.03 Å². The third-order valence-electron chi connectivity index (χ3n) is 6.88. The molecule has 8 heteroatoms. The highest BCUT2D eigenvalue weighted by Crippen LogP contribution is 2.31. The first-order valence-corrected chi connectivity index (χ1v) is 13.4. The van der Waals surface area contributed by atoms with Crippen LogP contribution in [-0.2, 0) is 16.8 Å². The molecular weight excluding hydrogens is 517 g/mol. The van der Waals surface area contributed by atoms with Crippen LogP contribution in [0.1, 0.15) is 48.7 Å². The number of hydrogen-bond acceptors (Lipinski definition) is 4. The highest BCUT2D eigenvalue weighted by molar-refractivity contribution is 6.20. The molecule has 0 radical (unpaired) electrons. The average Bonchev–Trinajstić information content (AvgIpc) is 3.04. The van der Waals surface area contributed by atoms with Gasteiger partial charge in [0.15, 0.2) is 0 Å². The van der Waals surface area contributed by atoms with Gasteiger partial charge in [-0.15, -0.1) is 0 Å². The minimum atomic E-state index is -1.33. The summed E-state index contributed by atoms with van der Waals surface area (Å²) in [6.45, 7) is 8.39. The molecule has 2 heterocycles. The molecule has 0 spiro atoms. The fourth-order valence-electron chi connectivity index (χ4n) is 4.76. The fraction of sp³-hybridized carbons (Fsp3) is 0.212. The summed E-state index contributed by atoms with van der Waals surface area (Å²) in [6, 6.07) is 24.1. The number of anilines is 2. The van der Waals surface area contributed by atoms with Crippen molar-refractivity contribution in [1.29, 1.82) is 0 Å². The Morgan fingerprint density at radius 2 is 1.68 bits per heavy atom. The molecule has 2 N–H and O–H groups in total. The largest absolute Gasteiger partial charge is 0.321 e. The molecule has 3 amide bonds. The van der Waals surface area contributed by atoms with Gasteiger partial charge in [-0.25, -0.2) is 14.2 Å². The number of rotatable bonds is 5. The van der Waals surface area contributed by atoms with Crippen molar-refractivity contribution < 1.29 is 14.0 Å². The number of fused-ring (bicyclic) bond motifs is 1. The number of carbonyl (C=O) groups is 2. The number of aryl methyl sites for hydroxylation is 1. The Labute approximate surface area is 239 Å². The van der Waals surface area contributed by atoms with E-state index < -0.39 is 23.9 Å². The van der Waals surface area contributed by atoms with Gasteiger partial charge in [-0.1, -0.05) is 63.2 Å². The summed E-state index contributed by atoms with van der Waals surface area (Å²) >= 11 is 0. The first-order valence-electron chi connectivity index (χ1n) is 13.4. The second-order valence-corrected chi connectivity index (χ2v) is 11.1. The number of carbonyl (C=O) groups excluding carboxylic acids is 2. The Bertz CT molecular complexity index is 1640. The zero-order chi connectivity index (χ0) is 29.1. The Balaban J connectivity index is 1.58. The molecule has 208 valence electrons. The van der Waals surface area contributed by atoms with Crippen LogP contribution in [0.2, 0.25) is 0 Å². The maximum Gasteiger partial charge on any atom is 0.321 e. The number of aromatic nitrogens is 1. The molecule has 0 saturated carbocycles. The molecule has 41 heavy (non-hydrogen) atoms. The maximum atomic E-state index is 15.1. The predicted octanol–water partition coefficient (Wildman–Crippen LogP) is 6.36. The van der Waals surface area contributed by atoms with Crippen LogP contribution >= 0.6 is 0 Å². The van der Waals surface area contributed by atoms with E-state index in [0.717, 1.165) is 11.1 Å². The van der Waals surface area contributed by atoms with Gasteiger partial charge < -0.3 is 15.5 Å². The van der Waals surface area contributed by atoms with Crippen LogP contribution in [0.25, 0.3) is 0 Å². The second kappa shape index (κ2) is 11.3. The predicted molar refractivity (Wildman–Crippen MR) is 160 cm³/mol. The zero-order valence-corrected chi connectivity index (χ0v) is 23.5. The zero-order valence-electron chi connectivity index (χ0n) is 23.5. The number of halogens is 1. The summed E-state index contributed by atoms with van der Waals surface area (Å²) in [6.07, 6.45) is 0.406. The van der Waals surface area contributed by atoms with Crippen molar-refractivity contribution in [1.82, 2.24) is 10.3 Å². The van der Waals surface area contributed by atoms with Crippen LogP contribution in [-0.4, -0.2) is 28.8 Å². The van der Waals surface area contributed by atoms with E-state index >= 15 is 4.39 Å². The van der Waals surface area contributed by atoms with Crippen LogP contribution in [0.15, 0.2) is 96.1 Å². The minimum Gasteiger partial charge on any atom is -0.308 e. The van der Waals surface area contributed by atoms with E-state index in [9.17, 15) is 9.59 Å². The summed E-state index contributed by atoms with van der Waals surface area (Å²) < 4.78 is 15.1. The molecule has 1 aromatic heterocycles. The van der Waals surface area contributed by atoms with Crippen molar-refractivity contribution in [3.05, 3.63) is 125 Å². The van der Waals surface area contributed by atoms with Crippen LogP contribution in [0.5, 0.6) is 0 Å². The van der Waals surface area contributed by atoms with E-state index in [2.05, 4.69) is 41.4 Å². The summed E-state index contributed by atoms with van der Waals surface area (Å²) in [5.41, 5.74) is 4.81. The lowest BCUT2D eigenvalue weighted by atomic mass is 9.87. The number of aliphatic imine (C=N–C) groups is 1. The number of amides is 3. The Morgan fingerprint density at radius 3 is 2.41 bits per heavy atom. The first-order chi connectivity index (χ1) is 19.6. The van der Waals surface area contributed by atoms with Crippen molar-refractivity contribution in [2.45, 2.75) is 45.8 Å². The molecule has 3 aromatic carbocycles. The molecular formula is C33H32FN5O2. The van der Waals surface area contributed by atoms with Gasteiger partial charge in [0, 0.05) is 23.0 Å². The summed E-state index contributed by atoms with van der Waals surface area (Å²) in [5, 5.41) is 5.48. The molecule has 0 bridgehead atoms. The van der Waals surface area contributed by atoms with Gasteiger partial charge in [-0.05, 0) is 65.9 Å². The van der Waals surface area contributed by atoms with E-state index in [1.807, 2.05) is 49.4 Å². The number of nitrogens with one attached hydrogen (secondary N) is 2. The second-order valence-electron chi connectivity index (χ2n) is 11.1. The average molecular weight is 550 g/mol. The Hall–Kier alpha value is -4.85. The number of urea groups is 1. The third kappa shape index (κ3) is 6.17. The van der Waals surface area contributed by atoms with E-state index in [4.69, 9.17) is 0 Å². The molecule has 1 aliphatic heterocycles. The lowest BCUT2D eigenvalue weighted by Crippen LogP contribution is -2.48.